The molecular formula is C18H19N3O3S. The molecule has 0 radical (unpaired) electrons. The van der Waals surface area contributed by atoms with Crippen molar-refractivity contribution in [1.29, 1.82) is 5.26 Å². The van der Waals surface area contributed by atoms with Gasteiger partial charge in [-0.3, -0.25) is 4.79 Å². The van der Waals surface area contributed by atoms with Gasteiger partial charge in [0.25, 0.3) is 5.91 Å². The number of aryl methyl sites for hydroxylation is 2. The molecule has 1 amide bonds. The van der Waals surface area contributed by atoms with E-state index in [-0.39, 0.29) is 6.61 Å². The molecule has 0 aliphatic heterocycles. The Bertz CT molecular complexity index is 844. The Morgan fingerprint density at radius 1 is 1.36 bits per heavy atom. The molecule has 2 aromatic heterocycles. The van der Waals surface area contributed by atoms with E-state index in [0.29, 0.717) is 16.3 Å². The molecule has 3 rings (SSSR count). The van der Waals surface area contributed by atoms with Crippen LogP contribution in [0.2, 0.25) is 0 Å². The SMILES string of the molecule is Cn1cccc1C(=O)OCC(=O)Nc1sc2c(c1C#N)CCCCC2. The van der Waals surface area contributed by atoms with Gasteiger partial charge in [-0.25, -0.2) is 4.79 Å². The van der Waals surface area contributed by atoms with E-state index >= 15 is 0 Å². The van der Waals surface area contributed by atoms with Gasteiger partial charge < -0.3 is 14.6 Å². The van der Waals surface area contributed by atoms with E-state index in [1.54, 1.807) is 29.9 Å². The van der Waals surface area contributed by atoms with Crippen molar-refractivity contribution < 1.29 is 14.3 Å². The molecule has 0 unspecified atom stereocenters. The second kappa shape index (κ2) is 7.53. The van der Waals surface area contributed by atoms with Gasteiger partial charge in [-0.05, 0) is 43.4 Å². The Labute approximate surface area is 150 Å². The highest BCUT2D eigenvalue weighted by atomic mass is 32.1. The minimum Gasteiger partial charge on any atom is -0.451 e. The number of fused-ring (bicyclic) bond motifs is 1. The highest BCUT2D eigenvalue weighted by Crippen LogP contribution is 2.36. The predicted molar refractivity (Wildman–Crippen MR) is 94.6 cm³/mol. The smallest absolute Gasteiger partial charge is 0.355 e. The van der Waals surface area contributed by atoms with E-state index in [0.717, 1.165) is 31.2 Å². The van der Waals surface area contributed by atoms with Crippen LogP contribution in [0, 0.1) is 11.3 Å². The molecule has 25 heavy (non-hydrogen) atoms. The third-order valence-electron chi connectivity index (χ3n) is 4.27. The molecule has 7 heteroatoms. The van der Waals surface area contributed by atoms with Crippen LogP contribution in [-0.4, -0.2) is 23.1 Å². The van der Waals surface area contributed by atoms with E-state index in [2.05, 4.69) is 11.4 Å². The number of nitriles is 1. The van der Waals surface area contributed by atoms with Gasteiger partial charge in [0.15, 0.2) is 6.61 Å². The number of aromatic nitrogens is 1. The van der Waals surface area contributed by atoms with Crippen molar-refractivity contribution in [2.24, 2.45) is 7.05 Å². The topological polar surface area (TPSA) is 84.1 Å². The van der Waals surface area contributed by atoms with Crippen LogP contribution in [0.25, 0.3) is 0 Å². The summed E-state index contributed by atoms with van der Waals surface area (Å²) in [6, 6.07) is 5.58. The Morgan fingerprint density at radius 2 is 2.16 bits per heavy atom. The number of rotatable bonds is 4. The van der Waals surface area contributed by atoms with Crippen LogP contribution < -0.4 is 5.32 Å². The van der Waals surface area contributed by atoms with Crippen LogP contribution in [0.4, 0.5) is 5.00 Å². The first kappa shape index (κ1) is 17.2. The van der Waals surface area contributed by atoms with Crippen LogP contribution in [0.1, 0.15) is 45.8 Å². The maximum Gasteiger partial charge on any atom is 0.355 e. The molecule has 0 atom stereocenters. The zero-order valence-corrected chi connectivity index (χ0v) is 14.8. The fourth-order valence-corrected chi connectivity index (χ4v) is 4.25. The quantitative estimate of drug-likeness (QED) is 0.673. The van der Waals surface area contributed by atoms with Gasteiger partial charge in [-0.15, -0.1) is 11.3 Å². The van der Waals surface area contributed by atoms with Crippen molar-refractivity contribution in [3.8, 4) is 6.07 Å². The van der Waals surface area contributed by atoms with Crippen molar-refractivity contribution in [3.63, 3.8) is 0 Å². The van der Waals surface area contributed by atoms with Crippen molar-refractivity contribution in [1.82, 2.24) is 4.57 Å². The number of nitrogens with zero attached hydrogens (tertiary/aromatic N) is 2. The average Bonchev–Trinajstić information content (AvgIpc) is 3.08. The Kier molecular flexibility index (Phi) is 5.19. The van der Waals surface area contributed by atoms with Gasteiger partial charge in [-0.1, -0.05) is 6.42 Å². The van der Waals surface area contributed by atoms with Gasteiger partial charge in [0.05, 0.1) is 5.56 Å². The summed E-state index contributed by atoms with van der Waals surface area (Å²) >= 11 is 1.46. The number of anilines is 1. The Balaban J connectivity index is 1.64. The van der Waals surface area contributed by atoms with Crippen LogP contribution in [0.5, 0.6) is 0 Å². The minimum atomic E-state index is -0.551. The van der Waals surface area contributed by atoms with Crippen LogP contribution in [0.15, 0.2) is 18.3 Å². The van der Waals surface area contributed by atoms with E-state index in [9.17, 15) is 14.9 Å². The lowest BCUT2D eigenvalue weighted by molar-refractivity contribution is -0.119. The summed E-state index contributed by atoms with van der Waals surface area (Å²) in [4.78, 5) is 25.2. The number of carbonyl (C=O) groups is 2. The molecule has 1 aliphatic rings. The maximum absolute atomic E-state index is 12.1. The van der Waals surface area contributed by atoms with Gasteiger partial charge in [0, 0.05) is 18.1 Å². The van der Waals surface area contributed by atoms with Gasteiger partial charge in [0.2, 0.25) is 0 Å². The largest absolute Gasteiger partial charge is 0.451 e. The molecular weight excluding hydrogens is 338 g/mol. The lowest BCUT2D eigenvalue weighted by atomic mass is 10.1. The van der Waals surface area contributed by atoms with E-state index < -0.39 is 11.9 Å². The fraction of sp³-hybridized carbons (Fsp3) is 0.389. The summed E-state index contributed by atoms with van der Waals surface area (Å²) in [7, 11) is 1.73. The number of hydrogen-bond donors (Lipinski definition) is 1. The van der Waals surface area contributed by atoms with Gasteiger partial charge in [0.1, 0.15) is 16.8 Å². The molecule has 0 spiro atoms. The third-order valence-corrected chi connectivity index (χ3v) is 5.48. The molecule has 0 saturated carbocycles. The standard InChI is InChI=1S/C18H19N3O3S/c1-21-9-5-7-14(21)18(23)24-11-16(22)20-17-13(10-19)12-6-3-2-4-8-15(12)25-17/h5,7,9H,2-4,6,8,11H2,1H3,(H,20,22). The molecule has 1 aliphatic carbocycles. The van der Waals surface area contributed by atoms with E-state index in [4.69, 9.17) is 4.74 Å². The van der Waals surface area contributed by atoms with E-state index in [1.807, 2.05) is 0 Å². The average molecular weight is 357 g/mol. The monoisotopic (exact) mass is 357 g/mol. The van der Waals surface area contributed by atoms with Crippen molar-refractivity contribution in [2.45, 2.75) is 32.1 Å². The van der Waals surface area contributed by atoms with Gasteiger partial charge >= 0.3 is 5.97 Å². The number of nitrogens with one attached hydrogen (secondary N) is 1. The molecule has 0 saturated heterocycles. The summed E-state index contributed by atoms with van der Waals surface area (Å²) in [6.07, 6.45) is 6.91. The normalized spacial score (nSPS) is 13.4. The van der Waals surface area contributed by atoms with Crippen LogP contribution >= 0.6 is 11.3 Å². The number of thiophene rings is 1. The van der Waals surface area contributed by atoms with Crippen molar-refractivity contribution in [3.05, 3.63) is 40.0 Å². The Hall–Kier alpha value is -2.59. The third kappa shape index (κ3) is 3.74. The molecule has 1 N–H and O–H groups in total. The first-order valence-corrected chi connectivity index (χ1v) is 9.04. The molecule has 2 heterocycles. The maximum atomic E-state index is 12.1. The first-order chi connectivity index (χ1) is 12.1. The lowest BCUT2D eigenvalue weighted by Crippen LogP contribution is -2.21. The fourth-order valence-electron chi connectivity index (χ4n) is 2.99. The van der Waals surface area contributed by atoms with Crippen LogP contribution in [0.3, 0.4) is 0 Å². The zero-order valence-electron chi connectivity index (χ0n) is 14.0. The summed E-state index contributed by atoms with van der Waals surface area (Å²) in [5.74, 6) is -0.986. The van der Waals surface area contributed by atoms with Gasteiger partial charge in [-0.2, -0.15) is 5.26 Å². The van der Waals surface area contributed by atoms with E-state index in [1.165, 1.54) is 22.6 Å². The lowest BCUT2D eigenvalue weighted by Gasteiger charge is -2.06. The second-order valence-electron chi connectivity index (χ2n) is 6.01. The number of ether oxygens (including phenoxy) is 1. The summed E-state index contributed by atoms with van der Waals surface area (Å²) in [5, 5.41) is 12.8. The van der Waals surface area contributed by atoms with Crippen LogP contribution in [-0.2, 0) is 29.4 Å². The zero-order chi connectivity index (χ0) is 17.8. The number of hydrogen-bond acceptors (Lipinski definition) is 5. The summed E-state index contributed by atoms with van der Waals surface area (Å²) in [6.45, 7) is -0.378. The van der Waals surface area contributed by atoms with Crippen molar-refractivity contribution >= 4 is 28.2 Å². The minimum absolute atomic E-state index is 0.378. The molecule has 6 nitrogen and oxygen atoms in total. The number of esters is 1. The molecule has 0 aromatic carbocycles. The first-order valence-electron chi connectivity index (χ1n) is 8.23. The predicted octanol–water partition coefficient (Wildman–Crippen LogP) is 3.02. The molecule has 130 valence electrons. The number of amides is 1. The Morgan fingerprint density at radius 3 is 2.88 bits per heavy atom. The highest BCUT2D eigenvalue weighted by Gasteiger charge is 2.21. The summed E-state index contributed by atoms with van der Waals surface area (Å²) in [5.41, 5.74) is 2.01. The molecule has 0 fully saturated rings. The number of carbonyl (C=O) groups excluding carboxylic acids is 2. The van der Waals surface area contributed by atoms with Crippen molar-refractivity contribution in [2.75, 3.05) is 11.9 Å². The molecule has 0 bridgehead atoms. The summed E-state index contributed by atoms with van der Waals surface area (Å²) < 4.78 is 6.68. The second-order valence-corrected chi connectivity index (χ2v) is 7.11. The highest BCUT2D eigenvalue weighted by molar-refractivity contribution is 7.16. The molecule has 2 aromatic rings.